The highest BCUT2D eigenvalue weighted by Gasteiger charge is 2.27. The Morgan fingerprint density at radius 3 is 2.81 bits per heavy atom. The SMILES string of the molecule is CCCn1cnnc1CCOCC(F)(F)F. The fourth-order valence-corrected chi connectivity index (χ4v) is 1.25. The normalized spacial score (nSPS) is 12.0. The number of aromatic nitrogens is 3. The molecule has 92 valence electrons. The number of aryl methyl sites for hydroxylation is 1. The zero-order chi connectivity index (χ0) is 12.0. The van der Waals surface area contributed by atoms with Gasteiger partial charge in [0, 0.05) is 13.0 Å². The van der Waals surface area contributed by atoms with Gasteiger partial charge in [0.2, 0.25) is 0 Å². The Hall–Kier alpha value is -1.11. The summed E-state index contributed by atoms with van der Waals surface area (Å²) in [5.74, 6) is 0.657. The number of hydrogen-bond donors (Lipinski definition) is 0. The van der Waals surface area contributed by atoms with Crippen LogP contribution in [0.25, 0.3) is 0 Å². The lowest BCUT2D eigenvalue weighted by Gasteiger charge is -2.08. The fourth-order valence-electron chi connectivity index (χ4n) is 1.25. The number of hydrogen-bond acceptors (Lipinski definition) is 3. The zero-order valence-corrected chi connectivity index (χ0v) is 9.00. The lowest BCUT2D eigenvalue weighted by molar-refractivity contribution is -0.173. The van der Waals surface area contributed by atoms with E-state index in [0.29, 0.717) is 12.2 Å². The van der Waals surface area contributed by atoms with Crippen molar-refractivity contribution in [3.63, 3.8) is 0 Å². The van der Waals surface area contributed by atoms with Crippen LogP contribution >= 0.6 is 0 Å². The minimum atomic E-state index is -4.27. The smallest absolute Gasteiger partial charge is 0.372 e. The summed E-state index contributed by atoms with van der Waals surface area (Å²) in [7, 11) is 0. The molecule has 0 unspecified atom stereocenters. The van der Waals surface area contributed by atoms with Crippen molar-refractivity contribution < 1.29 is 17.9 Å². The van der Waals surface area contributed by atoms with E-state index in [9.17, 15) is 13.2 Å². The maximum atomic E-state index is 11.8. The van der Waals surface area contributed by atoms with Crippen molar-refractivity contribution in [1.29, 1.82) is 0 Å². The molecular formula is C9H14F3N3O. The van der Waals surface area contributed by atoms with Gasteiger partial charge in [-0.15, -0.1) is 10.2 Å². The van der Waals surface area contributed by atoms with Gasteiger partial charge in [0.25, 0.3) is 0 Å². The molecular weight excluding hydrogens is 223 g/mol. The Labute approximate surface area is 91.4 Å². The molecule has 4 nitrogen and oxygen atoms in total. The Kier molecular flexibility index (Phi) is 4.72. The summed E-state index contributed by atoms with van der Waals surface area (Å²) >= 11 is 0. The first kappa shape index (κ1) is 13.0. The molecule has 16 heavy (non-hydrogen) atoms. The van der Waals surface area contributed by atoms with Gasteiger partial charge in [0.1, 0.15) is 18.8 Å². The van der Waals surface area contributed by atoms with E-state index < -0.39 is 12.8 Å². The Balaban J connectivity index is 2.29. The first-order valence-electron chi connectivity index (χ1n) is 5.04. The predicted molar refractivity (Wildman–Crippen MR) is 50.9 cm³/mol. The number of halogens is 3. The van der Waals surface area contributed by atoms with Gasteiger partial charge in [-0.1, -0.05) is 6.92 Å². The molecule has 0 aliphatic heterocycles. The van der Waals surface area contributed by atoms with E-state index in [0.717, 1.165) is 13.0 Å². The molecule has 0 atom stereocenters. The van der Waals surface area contributed by atoms with E-state index in [4.69, 9.17) is 0 Å². The van der Waals surface area contributed by atoms with Crippen LogP contribution in [0.4, 0.5) is 13.2 Å². The van der Waals surface area contributed by atoms with E-state index in [2.05, 4.69) is 14.9 Å². The van der Waals surface area contributed by atoms with Crippen LogP contribution in [0.5, 0.6) is 0 Å². The molecule has 1 aromatic rings. The van der Waals surface area contributed by atoms with Crippen molar-refractivity contribution >= 4 is 0 Å². The number of rotatable bonds is 6. The van der Waals surface area contributed by atoms with Crippen molar-refractivity contribution in [3.8, 4) is 0 Å². The summed E-state index contributed by atoms with van der Waals surface area (Å²) in [6.45, 7) is 1.56. The Morgan fingerprint density at radius 1 is 1.44 bits per heavy atom. The standard InChI is InChI=1S/C9H14F3N3O/c1-2-4-15-7-13-14-8(15)3-5-16-6-9(10,11)12/h7H,2-6H2,1H3. The fraction of sp³-hybridized carbons (Fsp3) is 0.778. The van der Waals surface area contributed by atoms with Crippen LogP contribution in [0.2, 0.25) is 0 Å². The highest BCUT2D eigenvalue weighted by molar-refractivity contribution is 4.85. The molecule has 1 heterocycles. The Morgan fingerprint density at radius 2 is 2.19 bits per heavy atom. The van der Waals surface area contributed by atoms with E-state index in [1.54, 1.807) is 6.33 Å². The largest absolute Gasteiger partial charge is 0.411 e. The Bertz CT molecular complexity index is 311. The average Bonchev–Trinajstić information content (AvgIpc) is 2.60. The maximum Gasteiger partial charge on any atom is 0.411 e. The number of ether oxygens (including phenoxy) is 1. The van der Waals surface area contributed by atoms with Crippen LogP contribution in [-0.4, -0.2) is 34.2 Å². The highest BCUT2D eigenvalue weighted by Crippen LogP contribution is 2.14. The quantitative estimate of drug-likeness (QED) is 0.708. The van der Waals surface area contributed by atoms with Gasteiger partial charge >= 0.3 is 6.18 Å². The summed E-state index contributed by atoms with van der Waals surface area (Å²) in [6.07, 6.45) is -1.43. The van der Waals surface area contributed by atoms with Gasteiger partial charge < -0.3 is 9.30 Å². The molecule has 1 aromatic heterocycles. The molecule has 0 fully saturated rings. The minimum absolute atomic E-state index is 0.00190. The van der Waals surface area contributed by atoms with Gasteiger partial charge in [0.15, 0.2) is 0 Å². The van der Waals surface area contributed by atoms with Crippen molar-refractivity contribution in [3.05, 3.63) is 12.2 Å². The topological polar surface area (TPSA) is 39.9 Å². The van der Waals surface area contributed by atoms with Crippen LogP contribution in [0.1, 0.15) is 19.2 Å². The van der Waals surface area contributed by atoms with Crippen LogP contribution in [0, 0.1) is 0 Å². The minimum Gasteiger partial charge on any atom is -0.372 e. The first-order chi connectivity index (χ1) is 7.53. The highest BCUT2D eigenvalue weighted by atomic mass is 19.4. The molecule has 0 radical (unpaired) electrons. The van der Waals surface area contributed by atoms with E-state index in [1.807, 2.05) is 11.5 Å². The molecule has 0 saturated heterocycles. The summed E-state index contributed by atoms with van der Waals surface area (Å²) < 4.78 is 41.6. The second-order valence-corrected chi connectivity index (χ2v) is 3.36. The van der Waals surface area contributed by atoms with Gasteiger partial charge in [-0.05, 0) is 6.42 Å². The summed E-state index contributed by atoms with van der Waals surface area (Å²) in [5, 5.41) is 7.52. The summed E-state index contributed by atoms with van der Waals surface area (Å²) in [4.78, 5) is 0. The molecule has 0 bridgehead atoms. The first-order valence-corrected chi connectivity index (χ1v) is 5.04. The van der Waals surface area contributed by atoms with Gasteiger partial charge in [-0.2, -0.15) is 13.2 Å². The van der Waals surface area contributed by atoms with Gasteiger partial charge in [-0.25, -0.2) is 0 Å². The third kappa shape index (κ3) is 4.61. The second kappa shape index (κ2) is 5.83. The van der Waals surface area contributed by atoms with E-state index in [1.165, 1.54) is 0 Å². The van der Waals surface area contributed by atoms with Crippen molar-refractivity contribution in [1.82, 2.24) is 14.8 Å². The summed E-state index contributed by atoms with van der Waals surface area (Å²) in [6, 6.07) is 0. The summed E-state index contributed by atoms with van der Waals surface area (Å²) in [5.41, 5.74) is 0. The molecule has 0 aliphatic carbocycles. The van der Waals surface area contributed by atoms with Crippen LogP contribution in [-0.2, 0) is 17.7 Å². The molecule has 0 aromatic carbocycles. The molecule has 0 saturated carbocycles. The maximum absolute atomic E-state index is 11.8. The third-order valence-electron chi connectivity index (χ3n) is 1.90. The second-order valence-electron chi connectivity index (χ2n) is 3.36. The van der Waals surface area contributed by atoms with Crippen molar-refractivity contribution in [2.45, 2.75) is 32.5 Å². The van der Waals surface area contributed by atoms with Crippen molar-refractivity contribution in [2.75, 3.05) is 13.2 Å². The van der Waals surface area contributed by atoms with Crippen LogP contribution < -0.4 is 0 Å². The monoisotopic (exact) mass is 237 g/mol. The third-order valence-corrected chi connectivity index (χ3v) is 1.90. The number of alkyl halides is 3. The lowest BCUT2D eigenvalue weighted by atomic mass is 10.4. The molecule has 0 amide bonds. The van der Waals surface area contributed by atoms with Crippen molar-refractivity contribution in [2.24, 2.45) is 0 Å². The van der Waals surface area contributed by atoms with E-state index >= 15 is 0 Å². The average molecular weight is 237 g/mol. The van der Waals surface area contributed by atoms with Crippen LogP contribution in [0.15, 0.2) is 6.33 Å². The van der Waals surface area contributed by atoms with Crippen LogP contribution in [0.3, 0.4) is 0 Å². The van der Waals surface area contributed by atoms with E-state index in [-0.39, 0.29) is 6.61 Å². The molecule has 1 rings (SSSR count). The lowest BCUT2D eigenvalue weighted by Crippen LogP contribution is -2.18. The molecule has 0 N–H and O–H groups in total. The van der Waals surface area contributed by atoms with Gasteiger partial charge in [0.05, 0.1) is 6.61 Å². The number of nitrogens with zero attached hydrogens (tertiary/aromatic N) is 3. The molecule has 0 aliphatic rings. The molecule has 0 spiro atoms. The zero-order valence-electron chi connectivity index (χ0n) is 9.00. The predicted octanol–water partition coefficient (Wildman–Crippen LogP) is 1.81. The molecule has 7 heteroatoms. The van der Waals surface area contributed by atoms with Gasteiger partial charge in [-0.3, -0.25) is 0 Å².